The molecule has 3 N–H and O–H groups in total. The third-order valence-electron chi connectivity index (χ3n) is 3.11. The fraction of sp³-hybridized carbons (Fsp3) is 0.200. The van der Waals surface area contributed by atoms with Gasteiger partial charge in [0.15, 0.2) is 0 Å². The molecule has 0 aliphatic carbocycles. The Balaban J connectivity index is 2.15. The van der Waals surface area contributed by atoms with E-state index in [-0.39, 0.29) is 23.5 Å². The third-order valence-corrected chi connectivity index (χ3v) is 4.50. The summed E-state index contributed by atoms with van der Waals surface area (Å²) in [6.07, 6.45) is 0. The summed E-state index contributed by atoms with van der Waals surface area (Å²) >= 11 is 0. The number of benzene rings is 2. The number of sulfonamides is 1. The van der Waals surface area contributed by atoms with Crippen LogP contribution >= 0.6 is 0 Å². The fourth-order valence-electron chi connectivity index (χ4n) is 1.90. The molecule has 2 aromatic rings. The van der Waals surface area contributed by atoms with Crippen LogP contribution in [0, 0.1) is 12.7 Å². The van der Waals surface area contributed by atoms with Gasteiger partial charge in [-0.05, 0) is 36.2 Å². The number of nitrogens with one attached hydrogen (secondary N) is 1. The highest BCUT2D eigenvalue weighted by Gasteiger charge is 2.14. The lowest BCUT2D eigenvalue weighted by atomic mass is 10.1. The Morgan fingerprint density at radius 2 is 1.95 bits per heavy atom. The lowest BCUT2D eigenvalue weighted by Gasteiger charge is -2.09. The molecular formula is C15H17FN2O2S. The number of nitrogens with two attached hydrogens (primary N) is 1. The zero-order valence-corrected chi connectivity index (χ0v) is 12.5. The van der Waals surface area contributed by atoms with E-state index in [1.54, 1.807) is 18.2 Å². The minimum absolute atomic E-state index is 0.104. The maximum absolute atomic E-state index is 13.8. The van der Waals surface area contributed by atoms with Crippen molar-refractivity contribution in [1.82, 2.24) is 4.72 Å². The third kappa shape index (κ3) is 3.87. The topological polar surface area (TPSA) is 72.2 Å². The van der Waals surface area contributed by atoms with Crippen LogP contribution in [0.2, 0.25) is 0 Å². The minimum atomic E-state index is -3.65. The molecule has 0 heterocycles. The van der Waals surface area contributed by atoms with E-state index < -0.39 is 15.8 Å². The van der Waals surface area contributed by atoms with Crippen molar-refractivity contribution in [3.8, 4) is 0 Å². The van der Waals surface area contributed by atoms with Crippen LogP contribution in [0.25, 0.3) is 0 Å². The minimum Gasteiger partial charge on any atom is -0.326 e. The molecule has 0 atom stereocenters. The molecule has 0 saturated heterocycles. The first kappa shape index (κ1) is 15.6. The monoisotopic (exact) mass is 308 g/mol. The number of hydrogen-bond acceptors (Lipinski definition) is 3. The Morgan fingerprint density at radius 1 is 1.19 bits per heavy atom. The predicted molar refractivity (Wildman–Crippen MR) is 79.5 cm³/mol. The van der Waals surface area contributed by atoms with Crippen LogP contribution in [-0.2, 0) is 23.1 Å². The second-order valence-electron chi connectivity index (χ2n) is 4.77. The molecule has 112 valence electrons. The maximum atomic E-state index is 13.8. The van der Waals surface area contributed by atoms with Crippen molar-refractivity contribution in [3.63, 3.8) is 0 Å². The zero-order valence-electron chi connectivity index (χ0n) is 11.6. The molecule has 0 aromatic heterocycles. The number of hydrogen-bond donors (Lipinski definition) is 2. The molecule has 0 aliphatic heterocycles. The van der Waals surface area contributed by atoms with E-state index >= 15 is 0 Å². The van der Waals surface area contributed by atoms with E-state index in [1.165, 1.54) is 18.2 Å². The second-order valence-corrected chi connectivity index (χ2v) is 6.54. The van der Waals surface area contributed by atoms with Gasteiger partial charge in [-0.1, -0.05) is 24.3 Å². The van der Waals surface area contributed by atoms with E-state index in [0.29, 0.717) is 5.56 Å². The predicted octanol–water partition coefficient (Wildman–Crippen LogP) is 2.07. The molecule has 2 rings (SSSR count). The van der Waals surface area contributed by atoms with Crippen molar-refractivity contribution in [2.75, 3.05) is 0 Å². The van der Waals surface area contributed by atoms with Gasteiger partial charge in [-0.15, -0.1) is 0 Å². The first-order valence-electron chi connectivity index (χ1n) is 6.46. The Morgan fingerprint density at radius 3 is 2.57 bits per heavy atom. The number of halogens is 1. The molecule has 0 unspecified atom stereocenters. The summed E-state index contributed by atoms with van der Waals surface area (Å²) in [7, 11) is -3.65. The molecule has 2 aromatic carbocycles. The molecule has 0 bridgehead atoms. The highest BCUT2D eigenvalue weighted by Crippen LogP contribution is 2.14. The van der Waals surface area contributed by atoms with Crippen LogP contribution in [0.5, 0.6) is 0 Å². The van der Waals surface area contributed by atoms with Crippen LogP contribution < -0.4 is 10.5 Å². The summed E-state index contributed by atoms with van der Waals surface area (Å²) in [5.74, 6) is -0.468. The molecule has 0 fully saturated rings. The normalized spacial score (nSPS) is 11.6. The van der Waals surface area contributed by atoms with Gasteiger partial charge in [0.25, 0.3) is 0 Å². The van der Waals surface area contributed by atoms with Gasteiger partial charge in [0.1, 0.15) is 5.82 Å². The Bertz CT molecular complexity index is 745. The molecule has 0 amide bonds. The van der Waals surface area contributed by atoms with Gasteiger partial charge in [0.05, 0.1) is 4.90 Å². The summed E-state index contributed by atoms with van der Waals surface area (Å²) in [6, 6.07) is 11.1. The van der Waals surface area contributed by atoms with E-state index in [0.717, 1.165) is 5.56 Å². The summed E-state index contributed by atoms with van der Waals surface area (Å²) in [5.41, 5.74) is 7.21. The Labute approximate surface area is 123 Å². The van der Waals surface area contributed by atoms with Gasteiger partial charge < -0.3 is 5.73 Å². The van der Waals surface area contributed by atoms with Gasteiger partial charge in [-0.25, -0.2) is 17.5 Å². The zero-order chi connectivity index (χ0) is 15.5. The summed E-state index contributed by atoms with van der Waals surface area (Å²) < 4.78 is 40.5. The van der Waals surface area contributed by atoms with Crippen LogP contribution in [-0.4, -0.2) is 8.42 Å². The van der Waals surface area contributed by atoms with Crippen molar-refractivity contribution in [3.05, 3.63) is 65.0 Å². The van der Waals surface area contributed by atoms with E-state index in [1.807, 2.05) is 13.0 Å². The average molecular weight is 308 g/mol. The largest absolute Gasteiger partial charge is 0.326 e. The maximum Gasteiger partial charge on any atom is 0.240 e. The molecule has 21 heavy (non-hydrogen) atoms. The highest BCUT2D eigenvalue weighted by atomic mass is 32.2. The average Bonchev–Trinajstić information content (AvgIpc) is 2.46. The standard InChI is InChI=1S/C15H17FN2O2S/c1-11-3-2-4-14(7-11)21(19,20)18-10-13-6-5-12(9-17)8-15(13)16/h2-8,18H,9-10,17H2,1H3. The van der Waals surface area contributed by atoms with Crippen molar-refractivity contribution >= 4 is 10.0 Å². The molecule has 0 aliphatic rings. The number of rotatable bonds is 5. The molecule has 0 saturated carbocycles. The van der Waals surface area contributed by atoms with E-state index in [9.17, 15) is 12.8 Å². The van der Waals surface area contributed by atoms with Crippen LogP contribution in [0.1, 0.15) is 16.7 Å². The van der Waals surface area contributed by atoms with Crippen LogP contribution in [0.3, 0.4) is 0 Å². The van der Waals surface area contributed by atoms with Crippen molar-refractivity contribution in [2.24, 2.45) is 5.73 Å². The van der Waals surface area contributed by atoms with Crippen molar-refractivity contribution < 1.29 is 12.8 Å². The number of aryl methyl sites for hydroxylation is 1. The van der Waals surface area contributed by atoms with Gasteiger partial charge in [-0.3, -0.25) is 0 Å². The van der Waals surface area contributed by atoms with Gasteiger partial charge in [0.2, 0.25) is 10.0 Å². The quantitative estimate of drug-likeness (QED) is 0.888. The highest BCUT2D eigenvalue weighted by molar-refractivity contribution is 7.89. The first-order valence-corrected chi connectivity index (χ1v) is 7.94. The van der Waals surface area contributed by atoms with Crippen LogP contribution in [0.15, 0.2) is 47.4 Å². The van der Waals surface area contributed by atoms with Gasteiger partial charge in [-0.2, -0.15) is 0 Å². The smallest absolute Gasteiger partial charge is 0.240 e. The second kappa shape index (κ2) is 6.34. The van der Waals surface area contributed by atoms with Crippen molar-refractivity contribution in [1.29, 1.82) is 0 Å². The van der Waals surface area contributed by atoms with Crippen LogP contribution in [0.4, 0.5) is 4.39 Å². The molecular weight excluding hydrogens is 291 g/mol. The molecule has 4 nitrogen and oxygen atoms in total. The lowest BCUT2D eigenvalue weighted by molar-refractivity contribution is 0.574. The van der Waals surface area contributed by atoms with Gasteiger partial charge >= 0.3 is 0 Å². The molecule has 6 heteroatoms. The molecule has 0 spiro atoms. The van der Waals surface area contributed by atoms with Crippen molar-refractivity contribution in [2.45, 2.75) is 24.9 Å². The first-order chi connectivity index (χ1) is 9.92. The van der Waals surface area contributed by atoms with E-state index in [4.69, 9.17) is 5.73 Å². The lowest BCUT2D eigenvalue weighted by Crippen LogP contribution is -2.23. The van der Waals surface area contributed by atoms with E-state index in [2.05, 4.69) is 4.72 Å². The fourth-order valence-corrected chi connectivity index (χ4v) is 3.01. The summed E-state index contributed by atoms with van der Waals surface area (Å²) in [5, 5.41) is 0. The SMILES string of the molecule is Cc1cccc(S(=O)(=O)NCc2ccc(CN)cc2F)c1. The van der Waals surface area contributed by atoms with Gasteiger partial charge in [0, 0.05) is 18.7 Å². The summed E-state index contributed by atoms with van der Waals surface area (Å²) in [6.45, 7) is 1.95. The molecule has 0 radical (unpaired) electrons. The Kier molecular flexibility index (Phi) is 4.72. The summed E-state index contributed by atoms with van der Waals surface area (Å²) in [4.78, 5) is 0.168. The Hall–Kier alpha value is -1.76.